The normalized spacial score (nSPS) is 12.6. The van der Waals surface area contributed by atoms with Crippen LogP contribution in [-0.2, 0) is 26.2 Å². The van der Waals surface area contributed by atoms with Gasteiger partial charge in [0, 0.05) is 23.1 Å². The summed E-state index contributed by atoms with van der Waals surface area (Å²) in [6.07, 6.45) is 0.727. The third-order valence-electron chi connectivity index (χ3n) is 6.70. The number of benzene rings is 3. The highest BCUT2D eigenvalue weighted by Crippen LogP contribution is 2.32. The molecule has 41 heavy (non-hydrogen) atoms. The summed E-state index contributed by atoms with van der Waals surface area (Å²) >= 11 is 3.41. The zero-order valence-electron chi connectivity index (χ0n) is 23.8. The molecule has 0 aromatic heterocycles. The zero-order valence-corrected chi connectivity index (χ0v) is 26.2. The number of hydrogen-bond acceptors (Lipinski definition) is 6. The molecule has 0 aliphatic rings. The Hall–Kier alpha value is -3.57. The van der Waals surface area contributed by atoms with E-state index in [4.69, 9.17) is 9.47 Å². The maximum absolute atomic E-state index is 14.0. The van der Waals surface area contributed by atoms with Crippen molar-refractivity contribution in [2.24, 2.45) is 0 Å². The zero-order chi connectivity index (χ0) is 30.2. The third kappa shape index (κ3) is 8.01. The first-order chi connectivity index (χ1) is 19.5. The Kier molecular flexibility index (Phi) is 11.2. The molecule has 11 heteroatoms. The van der Waals surface area contributed by atoms with Crippen LogP contribution in [0.1, 0.15) is 32.8 Å². The van der Waals surface area contributed by atoms with Crippen molar-refractivity contribution in [3.63, 3.8) is 0 Å². The molecule has 0 radical (unpaired) electrons. The maximum Gasteiger partial charge on any atom is 0.264 e. The van der Waals surface area contributed by atoms with Gasteiger partial charge >= 0.3 is 0 Å². The number of halogens is 1. The molecule has 0 saturated carbocycles. The summed E-state index contributed by atoms with van der Waals surface area (Å²) in [6.45, 7) is 5.07. The lowest BCUT2D eigenvalue weighted by Crippen LogP contribution is -2.52. The summed E-state index contributed by atoms with van der Waals surface area (Å²) in [6, 6.07) is 19.1. The lowest BCUT2D eigenvalue weighted by Gasteiger charge is -2.32. The Morgan fingerprint density at radius 1 is 0.927 bits per heavy atom. The fraction of sp³-hybridized carbons (Fsp3) is 0.333. The summed E-state index contributed by atoms with van der Waals surface area (Å²) < 4.78 is 40.5. The van der Waals surface area contributed by atoms with Crippen LogP contribution in [0.2, 0.25) is 0 Å². The molecule has 0 spiro atoms. The Morgan fingerprint density at radius 2 is 1.56 bits per heavy atom. The van der Waals surface area contributed by atoms with Crippen LogP contribution in [-0.4, -0.2) is 58.0 Å². The fourth-order valence-electron chi connectivity index (χ4n) is 4.06. The van der Waals surface area contributed by atoms with Crippen LogP contribution in [0.5, 0.6) is 11.5 Å². The van der Waals surface area contributed by atoms with Crippen LogP contribution in [0.3, 0.4) is 0 Å². The molecule has 0 heterocycles. The van der Waals surface area contributed by atoms with Gasteiger partial charge in [-0.2, -0.15) is 0 Å². The lowest BCUT2D eigenvalue weighted by molar-refractivity contribution is -0.139. The van der Waals surface area contributed by atoms with Crippen molar-refractivity contribution in [1.29, 1.82) is 0 Å². The van der Waals surface area contributed by atoms with E-state index in [9.17, 15) is 18.0 Å². The van der Waals surface area contributed by atoms with E-state index >= 15 is 0 Å². The van der Waals surface area contributed by atoms with E-state index in [1.807, 2.05) is 38.1 Å². The van der Waals surface area contributed by atoms with Crippen LogP contribution in [0.25, 0.3) is 0 Å². The number of ether oxygens (including phenoxy) is 2. The van der Waals surface area contributed by atoms with Crippen LogP contribution in [0, 0.1) is 0 Å². The van der Waals surface area contributed by atoms with E-state index in [2.05, 4.69) is 21.2 Å². The van der Waals surface area contributed by atoms with Crippen molar-refractivity contribution >= 4 is 43.5 Å². The summed E-state index contributed by atoms with van der Waals surface area (Å²) in [4.78, 5) is 28.5. The van der Waals surface area contributed by atoms with E-state index in [0.29, 0.717) is 11.4 Å². The van der Waals surface area contributed by atoms with Crippen LogP contribution in [0.4, 0.5) is 5.69 Å². The molecule has 0 fully saturated rings. The molecular formula is C30H36BrN3O6S. The molecule has 0 aliphatic heterocycles. The van der Waals surface area contributed by atoms with Crippen molar-refractivity contribution in [3.8, 4) is 11.5 Å². The Bertz CT molecular complexity index is 1430. The van der Waals surface area contributed by atoms with E-state index in [-0.39, 0.29) is 29.1 Å². The molecule has 0 bridgehead atoms. The smallest absolute Gasteiger partial charge is 0.264 e. The Balaban J connectivity index is 2.03. The molecular weight excluding hydrogens is 610 g/mol. The molecule has 3 rings (SSSR count). The molecule has 3 aromatic carbocycles. The molecule has 220 valence electrons. The second-order valence-corrected chi connectivity index (χ2v) is 12.3. The van der Waals surface area contributed by atoms with Crippen molar-refractivity contribution < 1.29 is 27.5 Å². The number of sulfonamides is 1. The molecule has 0 aliphatic carbocycles. The van der Waals surface area contributed by atoms with Gasteiger partial charge in [-0.15, -0.1) is 0 Å². The highest BCUT2D eigenvalue weighted by molar-refractivity contribution is 9.10. The number of carbonyl (C=O) groups is 2. The second-order valence-electron chi connectivity index (χ2n) is 9.51. The van der Waals surface area contributed by atoms with E-state index in [0.717, 1.165) is 20.8 Å². The van der Waals surface area contributed by atoms with Crippen molar-refractivity contribution in [2.75, 3.05) is 25.1 Å². The number of carbonyl (C=O) groups excluding carboxylic acids is 2. The van der Waals surface area contributed by atoms with Gasteiger partial charge in [0.25, 0.3) is 10.0 Å². The van der Waals surface area contributed by atoms with E-state index < -0.39 is 28.5 Å². The summed E-state index contributed by atoms with van der Waals surface area (Å²) in [7, 11) is -1.37. The van der Waals surface area contributed by atoms with Crippen LogP contribution >= 0.6 is 15.9 Å². The summed E-state index contributed by atoms with van der Waals surface area (Å²) in [5, 5.41) is 2.93. The third-order valence-corrected chi connectivity index (χ3v) is 9.00. The lowest BCUT2D eigenvalue weighted by atomic mass is 10.1. The minimum Gasteiger partial charge on any atom is -0.493 e. The predicted molar refractivity (Wildman–Crippen MR) is 163 cm³/mol. The van der Waals surface area contributed by atoms with Gasteiger partial charge in [-0.25, -0.2) is 8.42 Å². The first kappa shape index (κ1) is 32.0. The highest BCUT2D eigenvalue weighted by Gasteiger charge is 2.33. The van der Waals surface area contributed by atoms with Gasteiger partial charge in [0.05, 0.1) is 24.8 Å². The largest absolute Gasteiger partial charge is 0.493 e. The van der Waals surface area contributed by atoms with Crippen molar-refractivity contribution in [3.05, 3.63) is 82.8 Å². The standard InChI is InChI=1S/C30H36BrN3O6S/c1-6-21(2)32-30(36)22(3)33(19-23-12-14-24(31)15-13-23)29(35)20-34(25-10-8-7-9-11-25)41(37,38)26-16-17-27(39-4)28(18-26)40-5/h7-18,21-22H,6,19-20H2,1-5H3,(H,32,36)/t21-,22-/m1/s1. The maximum atomic E-state index is 14.0. The van der Waals surface area contributed by atoms with Crippen LogP contribution < -0.4 is 19.1 Å². The number of amides is 2. The van der Waals surface area contributed by atoms with Gasteiger partial charge in [-0.3, -0.25) is 13.9 Å². The van der Waals surface area contributed by atoms with Gasteiger partial charge in [0.15, 0.2) is 11.5 Å². The molecule has 0 saturated heterocycles. The first-order valence-electron chi connectivity index (χ1n) is 13.2. The number of methoxy groups -OCH3 is 2. The average Bonchev–Trinajstić information content (AvgIpc) is 2.98. The van der Waals surface area contributed by atoms with Crippen molar-refractivity contribution in [2.45, 2.75) is 50.7 Å². The quantitative estimate of drug-likeness (QED) is 0.281. The van der Waals surface area contributed by atoms with Gasteiger partial charge in [0.2, 0.25) is 11.8 Å². The number of rotatable bonds is 13. The van der Waals surface area contributed by atoms with Crippen LogP contribution in [0.15, 0.2) is 82.2 Å². The molecule has 2 amide bonds. The second kappa shape index (κ2) is 14.4. The van der Waals surface area contributed by atoms with E-state index in [1.54, 1.807) is 37.3 Å². The highest BCUT2D eigenvalue weighted by atomic mass is 79.9. The summed E-state index contributed by atoms with van der Waals surface area (Å²) in [5.41, 5.74) is 1.09. The monoisotopic (exact) mass is 645 g/mol. The fourth-order valence-corrected chi connectivity index (χ4v) is 5.76. The van der Waals surface area contributed by atoms with Gasteiger partial charge in [-0.05, 0) is 62.2 Å². The average molecular weight is 647 g/mol. The molecule has 0 unspecified atom stereocenters. The predicted octanol–water partition coefficient (Wildman–Crippen LogP) is 4.99. The molecule has 1 N–H and O–H groups in total. The topological polar surface area (TPSA) is 105 Å². The minimum atomic E-state index is -4.24. The Labute approximate surface area is 250 Å². The number of para-hydroxylation sites is 1. The van der Waals surface area contributed by atoms with E-state index in [1.165, 1.54) is 37.3 Å². The number of nitrogens with zero attached hydrogens (tertiary/aromatic N) is 2. The first-order valence-corrected chi connectivity index (χ1v) is 15.4. The van der Waals surface area contributed by atoms with Crippen molar-refractivity contribution in [1.82, 2.24) is 10.2 Å². The molecule has 9 nitrogen and oxygen atoms in total. The SMILES string of the molecule is CC[C@@H](C)NC(=O)[C@@H](C)N(Cc1ccc(Br)cc1)C(=O)CN(c1ccccc1)S(=O)(=O)c1ccc(OC)c(OC)c1. The molecule has 3 aromatic rings. The Morgan fingerprint density at radius 3 is 2.15 bits per heavy atom. The van der Waals surface area contributed by atoms with Gasteiger partial charge < -0.3 is 19.7 Å². The minimum absolute atomic E-state index is 0.0752. The van der Waals surface area contributed by atoms with Gasteiger partial charge in [0.1, 0.15) is 12.6 Å². The number of anilines is 1. The van der Waals surface area contributed by atoms with Gasteiger partial charge in [-0.1, -0.05) is 53.2 Å². The number of hydrogen-bond donors (Lipinski definition) is 1. The molecule has 2 atom stereocenters. The summed E-state index contributed by atoms with van der Waals surface area (Å²) in [5.74, 6) is -0.248. The number of nitrogens with one attached hydrogen (secondary N) is 1.